The lowest BCUT2D eigenvalue weighted by atomic mass is 9.87. The highest BCUT2D eigenvalue weighted by molar-refractivity contribution is 5.95. The number of carbonyl (C=O) groups is 1. The first-order valence-corrected chi connectivity index (χ1v) is 10.6. The van der Waals surface area contributed by atoms with Crippen LogP contribution in [0, 0.1) is 6.92 Å². The average molecular weight is 406 g/mol. The molecule has 1 amide bonds. The molecule has 0 fully saturated rings. The standard InChI is InChI=1S/C26H35N3O/c1-7-9-10-24-20(15-22(27)8-2)16-23(18(3)29-24)25(30)28-17-19-11-13-21(14-12-19)26(4,5)6/h8,10-16H,7,9,17,27H2,1-6H3,(H,28,30)/b20-15-,22-8+,24-10-. The number of carbonyl (C=O) groups excluding carboxylic acids is 1. The maximum atomic E-state index is 12.9. The van der Waals surface area contributed by atoms with Crippen LogP contribution in [-0.2, 0) is 12.0 Å². The fourth-order valence-corrected chi connectivity index (χ4v) is 3.09. The summed E-state index contributed by atoms with van der Waals surface area (Å²) in [4.78, 5) is 17.6. The summed E-state index contributed by atoms with van der Waals surface area (Å²) in [6, 6.07) is 10.3. The van der Waals surface area contributed by atoms with Crippen LogP contribution in [-0.4, -0.2) is 10.9 Å². The Bertz CT molecular complexity index is 1030. The second-order valence-electron chi connectivity index (χ2n) is 8.65. The van der Waals surface area contributed by atoms with E-state index in [1.807, 2.05) is 32.1 Å². The predicted molar refractivity (Wildman–Crippen MR) is 126 cm³/mol. The van der Waals surface area contributed by atoms with E-state index >= 15 is 0 Å². The lowest BCUT2D eigenvalue weighted by Gasteiger charge is -2.19. The molecule has 0 saturated carbocycles. The molecule has 3 N–H and O–H groups in total. The van der Waals surface area contributed by atoms with Crippen LogP contribution in [0.25, 0.3) is 12.2 Å². The molecule has 0 aliphatic rings. The van der Waals surface area contributed by atoms with E-state index in [2.05, 4.69) is 68.3 Å². The number of nitrogens with zero attached hydrogens (tertiary/aromatic N) is 1. The molecule has 2 rings (SSSR count). The number of nitrogens with two attached hydrogens (primary N) is 1. The minimum atomic E-state index is -0.129. The summed E-state index contributed by atoms with van der Waals surface area (Å²) in [5.41, 5.74) is 10.4. The largest absolute Gasteiger partial charge is 0.399 e. The minimum absolute atomic E-state index is 0.114. The van der Waals surface area contributed by atoms with E-state index in [9.17, 15) is 4.79 Å². The highest BCUT2D eigenvalue weighted by Crippen LogP contribution is 2.22. The van der Waals surface area contributed by atoms with Crippen LogP contribution in [0.2, 0.25) is 0 Å². The van der Waals surface area contributed by atoms with Gasteiger partial charge < -0.3 is 11.1 Å². The number of nitrogens with one attached hydrogen (secondary N) is 1. The van der Waals surface area contributed by atoms with E-state index in [1.165, 1.54) is 5.56 Å². The molecular weight excluding hydrogens is 370 g/mol. The molecule has 0 bridgehead atoms. The highest BCUT2D eigenvalue weighted by Gasteiger charge is 2.14. The van der Waals surface area contributed by atoms with Crippen LogP contribution in [0.4, 0.5) is 0 Å². The Hall–Kier alpha value is -2.88. The van der Waals surface area contributed by atoms with Crippen molar-refractivity contribution in [2.24, 2.45) is 5.73 Å². The molecule has 4 heteroatoms. The second-order valence-corrected chi connectivity index (χ2v) is 8.65. The molecule has 0 spiro atoms. The number of unbranched alkanes of at least 4 members (excludes halogenated alkanes) is 1. The molecule has 0 radical (unpaired) electrons. The van der Waals surface area contributed by atoms with Crippen LogP contribution in [0.3, 0.4) is 0 Å². The minimum Gasteiger partial charge on any atom is -0.399 e. The van der Waals surface area contributed by atoms with Gasteiger partial charge in [0.05, 0.1) is 16.6 Å². The first-order valence-electron chi connectivity index (χ1n) is 10.6. The first kappa shape index (κ1) is 23.4. The number of amides is 1. The van der Waals surface area contributed by atoms with Crippen LogP contribution >= 0.6 is 0 Å². The molecule has 1 aromatic heterocycles. The van der Waals surface area contributed by atoms with Gasteiger partial charge in [-0.2, -0.15) is 0 Å². The summed E-state index contributed by atoms with van der Waals surface area (Å²) in [5.74, 6) is -0.129. The molecule has 160 valence electrons. The zero-order valence-electron chi connectivity index (χ0n) is 19.2. The van der Waals surface area contributed by atoms with Crippen LogP contribution in [0.1, 0.15) is 74.6 Å². The quantitative estimate of drug-likeness (QED) is 0.767. The highest BCUT2D eigenvalue weighted by atomic mass is 16.1. The maximum Gasteiger partial charge on any atom is 0.253 e. The summed E-state index contributed by atoms with van der Waals surface area (Å²) in [5, 5.41) is 4.76. The number of rotatable bonds is 6. The van der Waals surface area contributed by atoms with Gasteiger partial charge in [-0.25, -0.2) is 0 Å². The molecule has 0 aliphatic heterocycles. The van der Waals surface area contributed by atoms with Gasteiger partial charge in [0.15, 0.2) is 0 Å². The first-order chi connectivity index (χ1) is 14.2. The van der Waals surface area contributed by atoms with Gasteiger partial charge in [0, 0.05) is 17.5 Å². The van der Waals surface area contributed by atoms with Gasteiger partial charge in [0.1, 0.15) is 0 Å². The van der Waals surface area contributed by atoms with Crippen molar-refractivity contribution in [3.63, 3.8) is 0 Å². The van der Waals surface area contributed by atoms with Crippen LogP contribution in [0.15, 0.2) is 42.1 Å². The Balaban J connectivity index is 2.29. The van der Waals surface area contributed by atoms with Gasteiger partial charge in [0.25, 0.3) is 5.91 Å². The SMILES string of the molecule is C\C=C(N)/C=c1/cc(C(=O)NCc2ccc(C(C)(C)C)cc2)c(C)n/c1=C\CCC. The molecule has 4 nitrogen and oxygen atoms in total. The van der Waals surface area contributed by atoms with E-state index in [0.717, 1.165) is 29.0 Å². The van der Waals surface area contributed by atoms with Crippen molar-refractivity contribution in [2.75, 3.05) is 0 Å². The third-order valence-corrected chi connectivity index (χ3v) is 5.07. The van der Waals surface area contributed by atoms with Crippen molar-refractivity contribution in [3.05, 3.63) is 75.1 Å². The monoisotopic (exact) mass is 405 g/mol. The molecule has 1 heterocycles. The van der Waals surface area contributed by atoms with Crippen molar-refractivity contribution < 1.29 is 4.79 Å². The summed E-state index contributed by atoms with van der Waals surface area (Å²) >= 11 is 0. The Labute approximate surface area is 180 Å². The number of benzene rings is 1. The Morgan fingerprint density at radius 2 is 1.87 bits per heavy atom. The van der Waals surface area contributed by atoms with E-state index in [-0.39, 0.29) is 11.3 Å². The van der Waals surface area contributed by atoms with E-state index < -0.39 is 0 Å². The van der Waals surface area contributed by atoms with Crippen molar-refractivity contribution >= 4 is 18.1 Å². The van der Waals surface area contributed by atoms with Crippen molar-refractivity contribution in [3.8, 4) is 0 Å². The fourth-order valence-electron chi connectivity index (χ4n) is 3.09. The third-order valence-electron chi connectivity index (χ3n) is 5.07. The number of aromatic nitrogens is 1. The van der Waals surface area contributed by atoms with Crippen LogP contribution in [0.5, 0.6) is 0 Å². The fraction of sp³-hybridized carbons (Fsp3) is 0.385. The van der Waals surface area contributed by atoms with Crippen LogP contribution < -0.4 is 21.6 Å². The smallest absolute Gasteiger partial charge is 0.253 e. The second kappa shape index (κ2) is 10.2. The number of aryl methyl sites for hydroxylation is 1. The summed E-state index contributed by atoms with van der Waals surface area (Å²) in [6.07, 6.45) is 7.77. The van der Waals surface area contributed by atoms with E-state index in [1.54, 1.807) is 0 Å². The van der Waals surface area contributed by atoms with Gasteiger partial charge in [0.2, 0.25) is 0 Å². The van der Waals surface area contributed by atoms with E-state index in [4.69, 9.17) is 5.73 Å². The van der Waals surface area contributed by atoms with Crippen molar-refractivity contribution in [2.45, 2.75) is 66.3 Å². The molecule has 1 aromatic carbocycles. The topological polar surface area (TPSA) is 68.0 Å². The molecule has 0 atom stereocenters. The van der Waals surface area contributed by atoms with Gasteiger partial charge in [-0.1, -0.05) is 70.5 Å². The Morgan fingerprint density at radius 1 is 1.20 bits per heavy atom. The summed E-state index contributed by atoms with van der Waals surface area (Å²) < 4.78 is 0. The number of hydrogen-bond acceptors (Lipinski definition) is 3. The lowest BCUT2D eigenvalue weighted by Crippen LogP contribution is -2.34. The number of hydrogen-bond donors (Lipinski definition) is 2. The Morgan fingerprint density at radius 3 is 2.43 bits per heavy atom. The normalized spacial score (nSPS) is 13.6. The number of pyridine rings is 1. The zero-order valence-corrected chi connectivity index (χ0v) is 19.2. The van der Waals surface area contributed by atoms with Gasteiger partial charge in [-0.15, -0.1) is 0 Å². The molecule has 0 unspecified atom stereocenters. The summed E-state index contributed by atoms with van der Waals surface area (Å²) in [7, 11) is 0. The Kier molecular flexibility index (Phi) is 7.99. The predicted octanol–water partition coefficient (Wildman–Crippen LogP) is 3.84. The lowest BCUT2D eigenvalue weighted by molar-refractivity contribution is 0.0949. The average Bonchev–Trinajstić information content (AvgIpc) is 2.71. The van der Waals surface area contributed by atoms with Gasteiger partial charge in [-0.3, -0.25) is 9.78 Å². The molecule has 2 aromatic rings. The molecule has 0 aliphatic carbocycles. The maximum absolute atomic E-state index is 12.9. The number of allylic oxidation sites excluding steroid dienone is 2. The summed E-state index contributed by atoms with van der Waals surface area (Å²) in [6.45, 7) is 12.9. The molecule has 30 heavy (non-hydrogen) atoms. The molecular formula is C26H35N3O. The van der Waals surface area contributed by atoms with Gasteiger partial charge >= 0.3 is 0 Å². The van der Waals surface area contributed by atoms with E-state index in [0.29, 0.717) is 23.5 Å². The van der Waals surface area contributed by atoms with Gasteiger partial charge in [-0.05, 0) is 49.0 Å². The van der Waals surface area contributed by atoms with Crippen molar-refractivity contribution in [1.29, 1.82) is 0 Å². The third kappa shape index (κ3) is 6.31. The zero-order chi connectivity index (χ0) is 22.3. The molecule has 0 saturated heterocycles. The van der Waals surface area contributed by atoms with Crippen molar-refractivity contribution in [1.82, 2.24) is 10.3 Å².